The Morgan fingerprint density at radius 2 is 2.16 bits per heavy atom. The highest BCUT2D eigenvalue weighted by atomic mass is 16.7. The lowest BCUT2D eigenvalue weighted by Gasteiger charge is -2.29. The summed E-state index contributed by atoms with van der Waals surface area (Å²) in [6.45, 7) is 4.27. The summed E-state index contributed by atoms with van der Waals surface area (Å²) in [4.78, 5) is 0. The van der Waals surface area contributed by atoms with Crippen molar-refractivity contribution >= 4 is 0 Å². The summed E-state index contributed by atoms with van der Waals surface area (Å²) < 4.78 is 16.4. The first-order valence-electron chi connectivity index (χ1n) is 7.08. The molecule has 0 amide bonds. The van der Waals surface area contributed by atoms with E-state index in [1.807, 2.05) is 6.07 Å². The van der Waals surface area contributed by atoms with Crippen LogP contribution in [-0.4, -0.2) is 25.5 Å². The third kappa shape index (κ3) is 3.01. The molecule has 2 aliphatic rings. The zero-order chi connectivity index (χ0) is 13.1. The first kappa shape index (κ1) is 12.8. The van der Waals surface area contributed by atoms with Gasteiger partial charge in [0.05, 0.1) is 6.10 Å². The first-order valence-corrected chi connectivity index (χ1v) is 7.08. The average Bonchev–Trinajstić information content (AvgIpc) is 2.93. The second kappa shape index (κ2) is 5.80. The van der Waals surface area contributed by atoms with Gasteiger partial charge >= 0.3 is 0 Å². The van der Waals surface area contributed by atoms with Gasteiger partial charge in [-0.15, -0.1) is 0 Å². The fourth-order valence-corrected chi connectivity index (χ4v) is 2.66. The lowest BCUT2D eigenvalue weighted by molar-refractivity contribution is -0.000321. The second-order valence-corrected chi connectivity index (χ2v) is 5.19. The van der Waals surface area contributed by atoms with Crippen LogP contribution < -0.4 is 14.8 Å². The lowest BCUT2D eigenvalue weighted by atomic mass is 10.0. The van der Waals surface area contributed by atoms with Gasteiger partial charge in [0.2, 0.25) is 6.79 Å². The minimum atomic E-state index is 0.338. The van der Waals surface area contributed by atoms with Crippen molar-refractivity contribution in [1.82, 2.24) is 5.32 Å². The molecule has 104 valence electrons. The highest BCUT2D eigenvalue weighted by Crippen LogP contribution is 2.32. The molecule has 3 rings (SSSR count). The van der Waals surface area contributed by atoms with Gasteiger partial charge in [0, 0.05) is 19.2 Å². The minimum absolute atomic E-state index is 0.338. The van der Waals surface area contributed by atoms with Crippen LogP contribution in [0.3, 0.4) is 0 Å². The SMILES string of the molecule is CCC1CC(NCc2ccc3c(c2)OCO3)CCO1. The van der Waals surface area contributed by atoms with E-state index in [4.69, 9.17) is 14.2 Å². The van der Waals surface area contributed by atoms with Crippen LogP contribution in [0.2, 0.25) is 0 Å². The lowest BCUT2D eigenvalue weighted by Crippen LogP contribution is -2.38. The Morgan fingerprint density at radius 1 is 1.26 bits per heavy atom. The number of benzene rings is 1. The van der Waals surface area contributed by atoms with Gasteiger partial charge in [-0.05, 0) is 37.0 Å². The third-order valence-corrected chi connectivity index (χ3v) is 3.85. The summed E-state index contributed by atoms with van der Waals surface area (Å²) in [6.07, 6.45) is 3.73. The fourth-order valence-electron chi connectivity index (χ4n) is 2.66. The predicted octanol–water partition coefficient (Wildman–Crippen LogP) is 2.46. The Balaban J connectivity index is 1.54. The van der Waals surface area contributed by atoms with Crippen LogP contribution in [-0.2, 0) is 11.3 Å². The van der Waals surface area contributed by atoms with Gasteiger partial charge < -0.3 is 19.5 Å². The number of ether oxygens (including phenoxy) is 3. The molecule has 0 radical (unpaired) electrons. The average molecular weight is 263 g/mol. The smallest absolute Gasteiger partial charge is 0.231 e. The molecule has 1 fully saturated rings. The molecule has 2 unspecified atom stereocenters. The molecule has 1 aromatic carbocycles. The molecule has 1 N–H and O–H groups in total. The van der Waals surface area contributed by atoms with E-state index in [0.717, 1.165) is 43.9 Å². The molecular weight excluding hydrogens is 242 g/mol. The normalized spacial score (nSPS) is 25.5. The maximum Gasteiger partial charge on any atom is 0.231 e. The molecule has 0 aliphatic carbocycles. The van der Waals surface area contributed by atoms with Gasteiger partial charge in [-0.25, -0.2) is 0 Å². The van der Waals surface area contributed by atoms with Crippen LogP contribution in [0.15, 0.2) is 18.2 Å². The van der Waals surface area contributed by atoms with E-state index in [0.29, 0.717) is 18.9 Å². The van der Waals surface area contributed by atoms with Crippen LogP contribution in [0.5, 0.6) is 11.5 Å². The summed E-state index contributed by atoms with van der Waals surface area (Å²) in [5.74, 6) is 1.71. The van der Waals surface area contributed by atoms with Crippen molar-refractivity contribution in [2.24, 2.45) is 0 Å². The number of hydrogen-bond donors (Lipinski definition) is 1. The molecule has 4 nitrogen and oxygen atoms in total. The van der Waals surface area contributed by atoms with E-state index in [9.17, 15) is 0 Å². The van der Waals surface area contributed by atoms with Gasteiger partial charge in [-0.2, -0.15) is 0 Å². The third-order valence-electron chi connectivity index (χ3n) is 3.85. The second-order valence-electron chi connectivity index (χ2n) is 5.19. The quantitative estimate of drug-likeness (QED) is 0.906. The van der Waals surface area contributed by atoms with E-state index in [-0.39, 0.29) is 0 Å². The highest BCUT2D eigenvalue weighted by Gasteiger charge is 2.21. The van der Waals surface area contributed by atoms with Crippen molar-refractivity contribution in [3.63, 3.8) is 0 Å². The van der Waals surface area contributed by atoms with Crippen molar-refractivity contribution in [3.8, 4) is 11.5 Å². The summed E-state index contributed by atoms with van der Waals surface area (Å²) in [7, 11) is 0. The van der Waals surface area contributed by atoms with E-state index < -0.39 is 0 Å². The zero-order valence-corrected chi connectivity index (χ0v) is 11.4. The molecule has 2 atom stereocenters. The number of nitrogens with one attached hydrogen (secondary N) is 1. The molecule has 0 aromatic heterocycles. The number of hydrogen-bond acceptors (Lipinski definition) is 4. The minimum Gasteiger partial charge on any atom is -0.454 e. The summed E-state index contributed by atoms with van der Waals surface area (Å²) in [5, 5.41) is 3.62. The molecular formula is C15H21NO3. The van der Waals surface area contributed by atoms with Gasteiger partial charge in [-0.3, -0.25) is 0 Å². The van der Waals surface area contributed by atoms with Crippen LogP contribution in [0.25, 0.3) is 0 Å². The predicted molar refractivity (Wildman–Crippen MR) is 72.5 cm³/mol. The van der Waals surface area contributed by atoms with Crippen LogP contribution in [0.1, 0.15) is 31.7 Å². The molecule has 0 spiro atoms. The summed E-state index contributed by atoms with van der Waals surface area (Å²) in [5.41, 5.74) is 1.24. The van der Waals surface area contributed by atoms with Crippen molar-refractivity contribution < 1.29 is 14.2 Å². The molecule has 2 aliphatic heterocycles. The van der Waals surface area contributed by atoms with Crippen molar-refractivity contribution in [2.45, 2.75) is 44.9 Å². The maximum absolute atomic E-state index is 5.69. The molecule has 2 heterocycles. The summed E-state index contributed by atoms with van der Waals surface area (Å²) >= 11 is 0. The molecule has 0 saturated carbocycles. The van der Waals surface area contributed by atoms with E-state index in [1.165, 1.54) is 5.56 Å². The Morgan fingerprint density at radius 3 is 3.05 bits per heavy atom. The number of fused-ring (bicyclic) bond motifs is 1. The van der Waals surface area contributed by atoms with Crippen LogP contribution in [0, 0.1) is 0 Å². The molecule has 1 aromatic rings. The largest absolute Gasteiger partial charge is 0.454 e. The van der Waals surface area contributed by atoms with Gasteiger partial charge in [0.15, 0.2) is 11.5 Å². The summed E-state index contributed by atoms with van der Waals surface area (Å²) in [6, 6.07) is 6.70. The fraction of sp³-hybridized carbons (Fsp3) is 0.600. The molecule has 0 bridgehead atoms. The van der Waals surface area contributed by atoms with E-state index in [2.05, 4.69) is 24.4 Å². The maximum atomic E-state index is 5.69. The Bertz CT molecular complexity index is 435. The first-order chi connectivity index (χ1) is 9.35. The standard InChI is InChI=1S/C15H21NO3/c1-2-13-8-12(5-6-17-13)16-9-11-3-4-14-15(7-11)19-10-18-14/h3-4,7,12-13,16H,2,5-6,8-10H2,1H3. The Labute approximate surface area is 114 Å². The molecule has 1 saturated heterocycles. The van der Waals surface area contributed by atoms with Crippen molar-refractivity contribution in [2.75, 3.05) is 13.4 Å². The topological polar surface area (TPSA) is 39.7 Å². The highest BCUT2D eigenvalue weighted by molar-refractivity contribution is 5.44. The van der Waals surface area contributed by atoms with Crippen LogP contribution in [0.4, 0.5) is 0 Å². The van der Waals surface area contributed by atoms with Crippen LogP contribution >= 0.6 is 0 Å². The molecule has 19 heavy (non-hydrogen) atoms. The van der Waals surface area contributed by atoms with Gasteiger partial charge in [0.25, 0.3) is 0 Å². The number of rotatable bonds is 4. The van der Waals surface area contributed by atoms with E-state index >= 15 is 0 Å². The monoisotopic (exact) mass is 263 g/mol. The van der Waals surface area contributed by atoms with Crippen molar-refractivity contribution in [1.29, 1.82) is 0 Å². The van der Waals surface area contributed by atoms with Gasteiger partial charge in [-0.1, -0.05) is 13.0 Å². The van der Waals surface area contributed by atoms with Crippen molar-refractivity contribution in [3.05, 3.63) is 23.8 Å². The van der Waals surface area contributed by atoms with E-state index in [1.54, 1.807) is 0 Å². The Kier molecular flexibility index (Phi) is 3.89. The molecule has 4 heteroatoms. The Hall–Kier alpha value is -1.26. The van der Waals surface area contributed by atoms with Gasteiger partial charge in [0.1, 0.15) is 0 Å². The zero-order valence-electron chi connectivity index (χ0n) is 11.4.